The van der Waals surface area contributed by atoms with Crippen LogP contribution in [0.25, 0.3) is 0 Å². The predicted octanol–water partition coefficient (Wildman–Crippen LogP) is 1.87. The lowest BCUT2D eigenvalue weighted by Crippen LogP contribution is -2.56. The summed E-state index contributed by atoms with van der Waals surface area (Å²) in [5.74, 6) is 0.876. The Bertz CT molecular complexity index is 785. The summed E-state index contributed by atoms with van der Waals surface area (Å²) in [6.45, 7) is 8.78. The minimum absolute atomic E-state index is 0.0205. The van der Waals surface area contributed by atoms with Crippen LogP contribution in [-0.2, 0) is 9.59 Å². The lowest BCUT2D eigenvalue weighted by atomic mass is 9.91. The lowest BCUT2D eigenvalue weighted by Gasteiger charge is -2.43. The normalized spacial score (nSPS) is 21.1. The summed E-state index contributed by atoms with van der Waals surface area (Å²) in [7, 11) is 0. The highest BCUT2D eigenvalue weighted by atomic mass is 35.5. The van der Waals surface area contributed by atoms with Crippen molar-refractivity contribution in [3.05, 3.63) is 28.8 Å². The van der Waals surface area contributed by atoms with Gasteiger partial charge in [0.15, 0.2) is 6.61 Å². The molecular weight excluding hydrogens is 416 g/mol. The molecule has 1 aromatic rings. The van der Waals surface area contributed by atoms with Gasteiger partial charge < -0.3 is 14.5 Å². The summed E-state index contributed by atoms with van der Waals surface area (Å²) in [6, 6.07) is 6.14. The molecule has 170 valence electrons. The Balaban J connectivity index is 1.15. The molecule has 1 saturated carbocycles. The Morgan fingerprint density at radius 1 is 0.968 bits per heavy atom. The van der Waals surface area contributed by atoms with Crippen LogP contribution in [0.3, 0.4) is 0 Å². The van der Waals surface area contributed by atoms with E-state index in [0.29, 0.717) is 30.4 Å². The zero-order valence-electron chi connectivity index (χ0n) is 18.4. The Morgan fingerprint density at radius 3 is 2.23 bits per heavy atom. The van der Waals surface area contributed by atoms with Gasteiger partial charge in [-0.2, -0.15) is 0 Å². The Kier molecular flexibility index (Phi) is 7.35. The highest BCUT2D eigenvalue weighted by Crippen LogP contribution is 2.25. The maximum absolute atomic E-state index is 12.7. The first-order valence-corrected chi connectivity index (χ1v) is 11.8. The summed E-state index contributed by atoms with van der Waals surface area (Å²) < 4.78 is 5.69. The third-order valence-corrected chi connectivity index (χ3v) is 7.07. The van der Waals surface area contributed by atoms with E-state index in [-0.39, 0.29) is 18.4 Å². The van der Waals surface area contributed by atoms with Crippen LogP contribution in [0.15, 0.2) is 18.2 Å². The van der Waals surface area contributed by atoms with Gasteiger partial charge in [-0.25, -0.2) is 0 Å². The van der Waals surface area contributed by atoms with E-state index in [4.69, 9.17) is 16.3 Å². The Labute approximate surface area is 189 Å². The monoisotopic (exact) mass is 448 g/mol. The number of hydrogen-bond acceptors (Lipinski definition) is 5. The quantitative estimate of drug-likeness (QED) is 0.665. The highest BCUT2D eigenvalue weighted by molar-refractivity contribution is 6.30. The number of benzene rings is 1. The maximum Gasteiger partial charge on any atom is 0.260 e. The lowest BCUT2D eigenvalue weighted by molar-refractivity contribution is -0.137. The SMILES string of the molecule is Cc1cc(Cl)ccc1OCC(=O)N1CCN(CC(=O)N2CCN(C3CCC3)CC2)CC1. The summed E-state index contributed by atoms with van der Waals surface area (Å²) in [4.78, 5) is 33.8. The number of carbonyl (C=O) groups is 2. The van der Waals surface area contributed by atoms with E-state index >= 15 is 0 Å². The number of halogens is 1. The van der Waals surface area contributed by atoms with Gasteiger partial charge in [0.05, 0.1) is 6.54 Å². The molecule has 1 aromatic carbocycles. The number of hydrogen-bond donors (Lipinski definition) is 0. The summed E-state index contributed by atoms with van der Waals surface area (Å²) in [6.07, 6.45) is 3.99. The number of piperazine rings is 2. The molecule has 3 fully saturated rings. The van der Waals surface area contributed by atoms with Gasteiger partial charge in [-0.1, -0.05) is 18.0 Å². The second-order valence-electron chi connectivity index (χ2n) is 8.86. The van der Waals surface area contributed by atoms with Crippen molar-refractivity contribution < 1.29 is 14.3 Å². The van der Waals surface area contributed by atoms with Crippen molar-refractivity contribution in [2.45, 2.75) is 32.2 Å². The van der Waals surface area contributed by atoms with Crippen LogP contribution in [0.2, 0.25) is 5.02 Å². The van der Waals surface area contributed by atoms with Crippen molar-refractivity contribution in [3.63, 3.8) is 0 Å². The van der Waals surface area contributed by atoms with E-state index in [9.17, 15) is 9.59 Å². The topological polar surface area (TPSA) is 56.3 Å². The first kappa shape index (κ1) is 22.4. The third-order valence-electron chi connectivity index (χ3n) is 6.83. The molecule has 1 aliphatic carbocycles. The molecule has 2 aliphatic heterocycles. The van der Waals surface area contributed by atoms with Crippen LogP contribution in [0, 0.1) is 6.92 Å². The van der Waals surface area contributed by atoms with E-state index < -0.39 is 0 Å². The largest absolute Gasteiger partial charge is 0.483 e. The van der Waals surface area contributed by atoms with Gasteiger partial charge >= 0.3 is 0 Å². The van der Waals surface area contributed by atoms with Crippen molar-refractivity contribution >= 4 is 23.4 Å². The molecule has 2 saturated heterocycles. The third kappa shape index (κ3) is 5.70. The fourth-order valence-electron chi connectivity index (χ4n) is 4.54. The molecule has 0 N–H and O–H groups in total. The van der Waals surface area contributed by atoms with E-state index in [1.54, 1.807) is 12.1 Å². The van der Waals surface area contributed by atoms with Crippen LogP contribution >= 0.6 is 11.6 Å². The van der Waals surface area contributed by atoms with E-state index in [2.05, 4.69) is 9.80 Å². The van der Waals surface area contributed by atoms with Gasteiger partial charge in [0.25, 0.3) is 5.91 Å². The average Bonchev–Trinajstić information content (AvgIpc) is 2.73. The molecule has 7 nitrogen and oxygen atoms in total. The first-order chi connectivity index (χ1) is 15.0. The second kappa shape index (κ2) is 10.2. The van der Waals surface area contributed by atoms with E-state index in [0.717, 1.165) is 50.9 Å². The summed E-state index contributed by atoms with van der Waals surface area (Å²) in [5.41, 5.74) is 0.914. The number of rotatable bonds is 6. The molecule has 2 amide bonds. The first-order valence-electron chi connectivity index (χ1n) is 11.4. The van der Waals surface area contributed by atoms with Crippen molar-refractivity contribution in [3.8, 4) is 5.75 Å². The molecule has 0 bridgehead atoms. The van der Waals surface area contributed by atoms with Crippen LogP contribution in [0.5, 0.6) is 5.75 Å². The Morgan fingerprint density at radius 2 is 1.61 bits per heavy atom. The molecule has 8 heteroatoms. The molecule has 0 aromatic heterocycles. The van der Waals surface area contributed by atoms with Gasteiger partial charge in [-0.05, 0) is 43.5 Å². The molecule has 2 heterocycles. The number of carbonyl (C=O) groups excluding carboxylic acids is 2. The maximum atomic E-state index is 12.7. The molecule has 0 spiro atoms. The smallest absolute Gasteiger partial charge is 0.260 e. The molecule has 0 atom stereocenters. The van der Waals surface area contributed by atoms with E-state index in [1.165, 1.54) is 19.3 Å². The number of aryl methyl sites for hydroxylation is 1. The van der Waals surface area contributed by atoms with Crippen LogP contribution < -0.4 is 4.74 Å². The summed E-state index contributed by atoms with van der Waals surface area (Å²) in [5, 5.41) is 0.655. The Hall–Kier alpha value is -1.83. The molecule has 3 aliphatic rings. The fourth-order valence-corrected chi connectivity index (χ4v) is 4.77. The van der Waals surface area contributed by atoms with Gasteiger partial charge in [0.1, 0.15) is 5.75 Å². The standard InChI is InChI=1S/C23H33ClN4O3/c1-18-15-19(24)5-6-21(18)31-17-23(30)28-9-7-25(8-10-28)16-22(29)27-13-11-26(12-14-27)20-3-2-4-20/h5-6,15,20H,2-4,7-14,16-17H2,1H3. The predicted molar refractivity (Wildman–Crippen MR) is 120 cm³/mol. The minimum atomic E-state index is -0.0209. The number of amides is 2. The van der Waals surface area contributed by atoms with Crippen molar-refractivity contribution in [1.29, 1.82) is 0 Å². The van der Waals surface area contributed by atoms with Gasteiger partial charge in [-0.3, -0.25) is 19.4 Å². The molecular formula is C23H33ClN4O3. The number of ether oxygens (including phenoxy) is 1. The zero-order valence-corrected chi connectivity index (χ0v) is 19.1. The van der Waals surface area contributed by atoms with Gasteiger partial charge in [0.2, 0.25) is 5.91 Å². The van der Waals surface area contributed by atoms with Crippen molar-refractivity contribution in [1.82, 2.24) is 19.6 Å². The van der Waals surface area contributed by atoms with Crippen molar-refractivity contribution in [2.75, 3.05) is 65.5 Å². The highest BCUT2D eigenvalue weighted by Gasteiger charge is 2.30. The van der Waals surface area contributed by atoms with Crippen LogP contribution in [-0.4, -0.2) is 103 Å². The molecule has 0 radical (unpaired) electrons. The number of nitrogens with zero attached hydrogens (tertiary/aromatic N) is 4. The second-order valence-corrected chi connectivity index (χ2v) is 9.29. The molecule has 4 rings (SSSR count). The van der Waals surface area contributed by atoms with Crippen LogP contribution in [0.1, 0.15) is 24.8 Å². The van der Waals surface area contributed by atoms with Gasteiger partial charge in [0, 0.05) is 63.4 Å². The van der Waals surface area contributed by atoms with Crippen molar-refractivity contribution in [2.24, 2.45) is 0 Å². The van der Waals surface area contributed by atoms with E-state index in [1.807, 2.05) is 22.8 Å². The van der Waals surface area contributed by atoms with Gasteiger partial charge in [-0.15, -0.1) is 0 Å². The fraction of sp³-hybridized carbons (Fsp3) is 0.652. The minimum Gasteiger partial charge on any atom is -0.483 e. The van der Waals surface area contributed by atoms with Crippen LogP contribution in [0.4, 0.5) is 0 Å². The zero-order chi connectivity index (χ0) is 21.8. The molecule has 31 heavy (non-hydrogen) atoms. The molecule has 0 unspecified atom stereocenters. The average molecular weight is 449 g/mol. The summed E-state index contributed by atoms with van der Waals surface area (Å²) >= 11 is 5.96.